The van der Waals surface area contributed by atoms with Crippen molar-refractivity contribution < 1.29 is 0 Å². The molecule has 0 spiro atoms. The van der Waals surface area contributed by atoms with Crippen LogP contribution in [0.15, 0.2) is 18.2 Å². The quantitative estimate of drug-likeness (QED) is 0.876. The van der Waals surface area contributed by atoms with Gasteiger partial charge in [0.25, 0.3) is 0 Å². The highest BCUT2D eigenvalue weighted by Gasteiger charge is 2.16. The Balaban J connectivity index is 1.75. The molecule has 2 N–H and O–H groups in total. The summed E-state index contributed by atoms with van der Waals surface area (Å²) in [7, 11) is 0. The first kappa shape index (κ1) is 14.0. The molecule has 1 saturated carbocycles. The summed E-state index contributed by atoms with van der Waals surface area (Å²) in [6.07, 6.45) is 8.00. The maximum absolute atomic E-state index is 6.08. The average molecular weight is 285 g/mol. The lowest BCUT2D eigenvalue weighted by atomic mass is 9.87. The molecule has 2 aromatic rings. The van der Waals surface area contributed by atoms with Crippen LogP contribution in [-0.4, -0.2) is 20.2 Å². The van der Waals surface area contributed by atoms with Gasteiger partial charge >= 0.3 is 0 Å². The molecule has 0 saturated heterocycles. The predicted molar refractivity (Wildman–Crippen MR) is 83.6 cm³/mol. The van der Waals surface area contributed by atoms with Gasteiger partial charge in [0.2, 0.25) is 0 Å². The second-order valence-electron chi connectivity index (χ2n) is 6.11. The molecule has 0 aliphatic heterocycles. The predicted octanol–water partition coefficient (Wildman–Crippen LogP) is 3.20. The molecule has 0 radical (unpaired) electrons. The van der Waals surface area contributed by atoms with Crippen molar-refractivity contribution in [3.63, 3.8) is 0 Å². The number of nitrogens with zero attached hydrogens (tertiary/aromatic N) is 4. The number of rotatable bonds is 4. The molecule has 5 nitrogen and oxygen atoms in total. The Labute approximate surface area is 125 Å². The van der Waals surface area contributed by atoms with E-state index < -0.39 is 0 Å². The highest BCUT2D eigenvalue weighted by Crippen LogP contribution is 2.28. The summed E-state index contributed by atoms with van der Waals surface area (Å²) in [6.45, 7) is 2.93. The van der Waals surface area contributed by atoms with E-state index in [0.717, 1.165) is 36.0 Å². The summed E-state index contributed by atoms with van der Waals surface area (Å²) in [5.74, 6) is 1.61. The van der Waals surface area contributed by atoms with Crippen LogP contribution in [0.25, 0.3) is 11.4 Å². The molecule has 0 atom stereocenters. The second-order valence-corrected chi connectivity index (χ2v) is 6.11. The molecule has 0 unspecified atom stereocenters. The Hall–Kier alpha value is -1.91. The number of anilines is 1. The minimum atomic E-state index is 0.731. The maximum Gasteiger partial charge on any atom is 0.184 e. The lowest BCUT2D eigenvalue weighted by Crippen LogP contribution is -2.12. The van der Waals surface area contributed by atoms with Crippen LogP contribution < -0.4 is 5.73 Å². The summed E-state index contributed by atoms with van der Waals surface area (Å²) in [5, 5.41) is 12.2. The van der Waals surface area contributed by atoms with Gasteiger partial charge in [-0.2, -0.15) is 0 Å². The fraction of sp³-hybridized carbons (Fsp3) is 0.562. The first-order chi connectivity index (χ1) is 10.2. The first-order valence-corrected chi connectivity index (χ1v) is 7.86. The van der Waals surface area contributed by atoms with Crippen molar-refractivity contribution >= 4 is 5.69 Å². The summed E-state index contributed by atoms with van der Waals surface area (Å²) in [6, 6.07) is 5.98. The molecule has 1 aliphatic rings. The second kappa shape index (κ2) is 6.24. The van der Waals surface area contributed by atoms with E-state index in [4.69, 9.17) is 5.73 Å². The number of hydrogen-bond donors (Lipinski definition) is 1. The maximum atomic E-state index is 6.08. The number of nitrogen functional groups attached to an aromatic ring is 1. The Bertz CT molecular complexity index is 598. The van der Waals surface area contributed by atoms with Crippen LogP contribution in [0.2, 0.25) is 0 Å². The zero-order chi connectivity index (χ0) is 14.7. The molecule has 1 aromatic heterocycles. The van der Waals surface area contributed by atoms with E-state index in [0.29, 0.717) is 0 Å². The van der Waals surface area contributed by atoms with E-state index >= 15 is 0 Å². The number of nitrogens with two attached hydrogens (primary N) is 1. The number of hydrogen-bond acceptors (Lipinski definition) is 4. The molecule has 3 rings (SSSR count). The number of benzene rings is 1. The Kier molecular flexibility index (Phi) is 4.18. The van der Waals surface area contributed by atoms with Gasteiger partial charge in [0, 0.05) is 17.8 Å². The number of tetrazole rings is 1. The van der Waals surface area contributed by atoms with Crippen LogP contribution in [0.1, 0.15) is 44.1 Å². The highest BCUT2D eigenvalue weighted by molar-refractivity contribution is 5.71. The van der Waals surface area contributed by atoms with Crippen molar-refractivity contribution in [2.45, 2.75) is 52.0 Å². The fourth-order valence-corrected chi connectivity index (χ4v) is 3.19. The topological polar surface area (TPSA) is 69.6 Å². The normalized spacial score (nSPS) is 16.2. The third-order valence-corrected chi connectivity index (χ3v) is 4.46. The van der Waals surface area contributed by atoms with E-state index in [-0.39, 0.29) is 0 Å². The van der Waals surface area contributed by atoms with Crippen molar-refractivity contribution in [2.24, 2.45) is 5.92 Å². The SMILES string of the molecule is Cc1ccc(N)c(-c2nnnn2CCC2CCCCC2)c1. The van der Waals surface area contributed by atoms with Gasteiger partial charge in [-0.3, -0.25) is 0 Å². The van der Waals surface area contributed by atoms with Crippen molar-refractivity contribution in [1.82, 2.24) is 20.2 Å². The van der Waals surface area contributed by atoms with Crippen LogP contribution in [0, 0.1) is 12.8 Å². The average Bonchev–Trinajstić information content (AvgIpc) is 2.97. The number of aryl methyl sites for hydroxylation is 2. The molecule has 112 valence electrons. The lowest BCUT2D eigenvalue weighted by molar-refractivity contribution is 0.318. The van der Waals surface area contributed by atoms with E-state index in [1.54, 1.807) is 0 Å². The molecule has 0 bridgehead atoms. The van der Waals surface area contributed by atoms with Gasteiger partial charge in [0.1, 0.15) is 0 Å². The minimum Gasteiger partial charge on any atom is -0.398 e. The number of aromatic nitrogens is 4. The summed E-state index contributed by atoms with van der Waals surface area (Å²) in [5.41, 5.74) is 8.91. The van der Waals surface area contributed by atoms with E-state index in [1.807, 2.05) is 16.8 Å². The largest absolute Gasteiger partial charge is 0.398 e. The third-order valence-electron chi connectivity index (χ3n) is 4.46. The summed E-state index contributed by atoms with van der Waals surface area (Å²) < 4.78 is 1.90. The van der Waals surface area contributed by atoms with Gasteiger partial charge in [0.05, 0.1) is 0 Å². The van der Waals surface area contributed by atoms with E-state index in [1.165, 1.54) is 37.7 Å². The Morgan fingerprint density at radius 3 is 2.86 bits per heavy atom. The molecule has 0 amide bonds. The van der Waals surface area contributed by atoms with E-state index in [2.05, 4.69) is 28.5 Å². The van der Waals surface area contributed by atoms with Crippen molar-refractivity contribution in [1.29, 1.82) is 0 Å². The summed E-state index contributed by atoms with van der Waals surface area (Å²) in [4.78, 5) is 0. The Morgan fingerprint density at radius 1 is 1.24 bits per heavy atom. The first-order valence-electron chi connectivity index (χ1n) is 7.86. The molecule has 1 heterocycles. The lowest BCUT2D eigenvalue weighted by Gasteiger charge is -2.21. The van der Waals surface area contributed by atoms with Crippen LogP contribution in [0.5, 0.6) is 0 Å². The van der Waals surface area contributed by atoms with Crippen molar-refractivity contribution in [3.8, 4) is 11.4 Å². The Morgan fingerprint density at radius 2 is 2.05 bits per heavy atom. The molecule has 1 aromatic carbocycles. The monoisotopic (exact) mass is 285 g/mol. The van der Waals surface area contributed by atoms with Gasteiger partial charge in [0.15, 0.2) is 5.82 Å². The smallest absolute Gasteiger partial charge is 0.184 e. The van der Waals surface area contributed by atoms with Gasteiger partial charge < -0.3 is 5.73 Å². The third kappa shape index (κ3) is 3.23. The van der Waals surface area contributed by atoms with Crippen LogP contribution in [0.3, 0.4) is 0 Å². The summed E-state index contributed by atoms with van der Waals surface area (Å²) >= 11 is 0. The van der Waals surface area contributed by atoms with Crippen LogP contribution in [0.4, 0.5) is 5.69 Å². The molecular weight excluding hydrogens is 262 g/mol. The van der Waals surface area contributed by atoms with E-state index in [9.17, 15) is 0 Å². The van der Waals surface area contributed by atoms with Crippen LogP contribution >= 0.6 is 0 Å². The van der Waals surface area contributed by atoms with Gasteiger partial charge in [-0.05, 0) is 41.8 Å². The highest BCUT2D eigenvalue weighted by atomic mass is 15.5. The van der Waals surface area contributed by atoms with Crippen molar-refractivity contribution in [3.05, 3.63) is 23.8 Å². The zero-order valence-corrected chi connectivity index (χ0v) is 12.6. The molecule has 1 aliphatic carbocycles. The zero-order valence-electron chi connectivity index (χ0n) is 12.6. The standard InChI is InChI=1S/C16H23N5/c1-12-7-8-15(17)14(11-12)16-18-19-20-21(16)10-9-13-5-3-2-4-6-13/h7-8,11,13H,2-6,9-10,17H2,1H3. The van der Waals surface area contributed by atoms with Crippen LogP contribution in [-0.2, 0) is 6.54 Å². The van der Waals surface area contributed by atoms with Gasteiger partial charge in [-0.25, -0.2) is 4.68 Å². The minimum absolute atomic E-state index is 0.731. The van der Waals surface area contributed by atoms with Gasteiger partial charge in [-0.15, -0.1) is 5.10 Å². The fourth-order valence-electron chi connectivity index (χ4n) is 3.19. The van der Waals surface area contributed by atoms with Crippen molar-refractivity contribution in [2.75, 3.05) is 5.73 Å². The molecular formula is C16H23N5. The molecule has 5 heteroatoms. The molecule has 21 heavy (non-hydrogen) atoms. The van der Waals surface area contributed by atoms with Gasteiger partial charge in [-0.1, -0.05) is 43.7 Å². The molecule has 1 fully saturated rings.